The summed E-state index contributed by atoms with van der Waals surface area (Å²) in [6, 6.07) is 13.5. The van der Waals surface area contributed by atoms with Gasteiger partial charge >= 0.3 is 11.9 Å². The highest BCUT2D eigenvalue weighted by atomic mass is 16.7. The van der Waals surface area contributed by atoms with Crippen LogP contribution in [0.2, 0.25) is 0 Å². The molecule has 2 aromatic carbocycles. The summed E-state index contributed by atoms with van der Waals surface area (Å²) in [5.41, 5.74) is 1.69. The number of fused-ring (bicyclic) bond motifs is 2. The molecule has 4 atom stereocenters. The molecule has 0 aliphatic carbocycles. The molecule has 0 bridgehead atoms. The maximum atomic E-state index is 12.5. The number of esters is 2. The highest BCUT2D eigenvalue weighted by Gasteiger charge is 2.40. The van der Waals surface area contributed by atoms with Crippen molar-refractivity contribution in [2.24, 2.45) is 0 Å². The first kappa shape index (κ1) is 38.3. The fourth-order valence-corrected chi connectivity index (χ4v) is 6.49. The second kappa shape index (κ2) is 16.0. The molecule has 4 aliphatic heterocycles. The molecule has 1 N–H and O–H groups in total. The molecule has 270 valence electrons. The Morgan fingerprint density at radius 3 is 1.66 bits per heavy atom. The van der Waals surface area contributed by atoms with Gasteiger partial charge < -0.3 is 24.1 Å². The Bertz CT molecular complexity index is 1550. The fraction of sp³-hybridized carbons (Fsp3) is 0.514. The summed E-state index contributed by atoms with van der Waals surface area (Å²) < 4.78 is 22.1. The minimum Gasteiger partial charge on any atom is -0.463 e. The van der Waals surface area contributed by atoms with E-state index in [1.54, 1.807) is 76.2 Å². The van der Waals surface area contributed by atoms with Gasteiger partial charge in [-0.2, -0.15) is 0 Å². The molecule has 6 rings (SSSR count). The van der Waals surface area contributed by atoms with Gasteiger partial charge in [-0.05, 0) is 58.4 Å². The zero-order chi connectivity index (χ0) is 35.5. The van der Waals surface area contributed by atoms with Crippen molar-refractivity contribution in [2.45, 2.75) is 110 Å². The van der Waals surface area contributed by atoms with Crippen molar-refractivity contribution in [3.63, 3.8) is 0 Å². The molecule has 0 saturated carbocycles. The van der Waals surface area contributed by atoms with Gasteiger partial charge in [0.15, 0.2) is 5.79 Å². The average Bonchev–Trinajstić information content (AvgIpc) is 3.41. The summed E-state index contributed by atoms with van der Waals surface area (Å²) in [7, 11) is 0. The molecule has 2 aromatic rings. The van der Waals surface area contributed by atoms with Crippen LogP contribution in [-0.2, 0) is 28.5 Å². The lowest BCUT2D eigenvalue weighted by Crippen LogP contribution is -2.46. The van der Waals surface area contributed by atoms with Crippen molar-refractivity contribution in [1.82, 2.24) is 9.80 Å². The number of benzene rings is 2. The Balaban J connectivity index is 0.000000229. The number of carbonyl (C=O) groups excluding carboxylic acids is 6. The largest absolute Gasteiger partial charge is 0.463 e. The lowest BCUT2D eigenvalue weighted by molar-refractivity contribution is -0.300. The van der Waals surface area contributed by atoms with Crippen LogP contribution in [0.5, 0.6) is 0 Å². The van der Waals surface area contributed by atoms with Crippen molar-refractivity contribution < 1.29 is 52.8 Å². The van der Waals surface area contributed by atoms with Gasteiger partial charge in [0.1, 0.15) is 6.10 Å². The summed E-state index contributed by atoms with van der Waals surface area (Å²) in [5, 5.41) is 9.54. The van der Waals surface area contributed by atoms with Crippen molar-refractivity contribution in [1.29, 1.82) is 0 Å². The molecule has 0 spiro atoms. The van der Waals surface area contributed by atoms with E-state index in [0.717, 1.165) is 0 Å². The average molecular weight is 695 g/mol. The topological polar surface area (TPSA) is 166 Å². The molecule has 0 radical (unpaired) electrons. The van der Waals surface area contributed by atoms with Crippen LogP contribution in [0.1, 0.15) is 115 Å². The maximum absolute atomic E-state index is 12.5. The number of amides is 4. The predicted molar refractivity (Wildman–Crippen MR) is 179 cm³/mol. The summed E-state index contributed by atoms with van der Waals surface area (Å²) in [4.78, 5) is 75.0. The normalized spacial score (nSPS) is 23.8. The third-order valence-electron chi connectivity index (χ3n) is 8.53. The third-order valence-corrected chi connectivity index (χ3v) is 8.53. The predicted octanol–water partition coefficient (Wildman–Crippen LogP) is 4.30. The molecule has 4 amide bonds. The van der Waals surface area contributed by atoms with Crippen LogP contribution in [0.15, 0.2) is 48.5 Å². The lowest BCUT2D eigenvalue weighted by atomic mass is 10.0. The van der Waals surface area contributed by atoms with Gasteiger partial charge in [-0.25, -0.2) is 0 Å². The van der Waals surface area contributed by atoms with Crippen LogP contribution in [0.4, 0.5) is 0 Å². The Morgan fingerprint density at radius 1 is 0.780 bits per heavy atom. The highest BCUT2D eigenvalue weighted by Crippen LogP contribution is 2.31. The second-order valence-corrected chi connectivity index (χ2v) is 13.3. The van der Waals surface area contributed by atoms with Crippen molar-refractivity contribution in [2.75, 3.05) is 13.1 Å². The van der Waals surface area contributed by atoms with E-state index in [2.05, 4.69) is 0 Å². The van der Waals surface area contributed by atoms with E-state index in [1.165, 1.54) is 9.80 Å². The Kier molecular flexibility index (Phi) is 12.3. The van der Waals surface area contributed by atoms with E-state index < -0.39 is 24.0 Å². The smallest absolute Gasteiger partial charge is 0.308 e. The monoisotopic (exact) mass is 694 g/mol. The Hall–Kier alpha value is -4.46. The van der Waals surface area contributed by atoms with Gasteiger partial charge in [-0.1, -0.05) is 31.7 Å². The van der Waals surface area contributed by atoms with Gasteiger partial charge in [0.2, 0.25) is 0 Å². The minimum absolute atomic E-state index is 0. The first-order valence-corrected chi connectivity index (χ1v) is 16.6. The van der Waals surface area contributed by atoms with E-state index in [1.807, 2.05) is 0 Å². The van der Waals surface area contributed by atoms with E-state index >= 15 is 0 Å². The SMILES string of the molecule is C.CC(C)OC(=O)C[C@H]1C[C@@H](CCN2C(=O)c3ccccc3C2=O)OC(C)(C)O1.O=C1C[C@H](O)C[C@@H](CCN2C(=O)c3ccccc3C2=O)O1. The van der Waals surface area contributed by atoms with Crippen LogP contribution in [0.3, 0.4) is 0 Å². The van der Waals surface area contributed by atoms with Crippen molar-refractivity contribution in [3.8, 4) is 0 Å². The summed E-state index contributed by atoms with van der Waals surface area (Å²) >= 11 is 0. The number of aliphatic hydroxyl groups is 1. The number of hydrogen-bond acceptors (Lipinski definition) is 11. The molecule has 0 aromatic heterocycles. The van der Waals surface area contributed by atoms with E-state index in [-0.39, 0.29) is 81.3 Å². The molecule has 50 heavy (non-hydrogen) atoms. The Morgan fingerprint density at radius 2 is 1.22 bits per heavy atom. The molecule has 2 fully saturated rings. The Labute approximate surface area is 291 Å². The molecule has 0 unspecified atom stereocenters. The van der Waals surface area contributed by atoms with Crippen molar-refractivity contribution in [3.05, 3.63) is 70.8 Å². The summed E-state index contributed by atoms with van der Waals surface area (Å²) in [5.74, 6) is -2.80. The molecular weight excluding hydrogens is 648 g/mol. The number of imide groups is 2. The summed E-state index contributed by atoms with van der Waals surface area (Å²) in [6.07, 6.45) is -0.0874. The number of carbonyl (C=O) groups is 6. The number of ether oxygens (including phenoxy) is 4. The number of rotatable bonds is 9. The van der Waals surface area contributed by atoms with Gasteiger partial charge in [0.25, 0.3) is 23.6 Å². The van der Waals surface area contributed by atoms with Crippen LogP contribution in [0, 0.1) is 0 Å². The third kappa shape index (κ3) is 9.01. The first-order valence-electron chi connectivity index (χ1n) is 16.6. The van der Waals surface area contributed by atoms with Gasteiger partial charge in [0, 0.05) is 32.4 Å². The zero-order valence-electron chi connectivity index (χ0n) is 28.1. The van der Waals surface area contributed by atoms with Crippen LogP contribution >= 0.6 is 0 Å². The first-order chi connectivity index (χ1) is 23.2. The zero-order valence-corrected chi connectivity index (χ0v) is 28.1. The molecule has 13 nitrogen and oxygen atoms in total. The van der Waals surface area contributed by atoms with Crippen LogP contribution < -0.4 is 0 Å². The number of aliphatic hydroxyl groups excluding tert-OH is 1. The van der Waals surface area contributed by atoms with Gasteiger partial charge in [-0.3, -0.25) is 38.6 Å². The second-order valence-electron chi connectivity index (χ2n) is 13.3. The lowest BCUT2D eigenvalue weighted by Gasteiger charge is -2.41. The number of hydrogen-bond donors (Lipinski definition) is 1. The standard InChI is InChI=1S/C21H27NO6.C15H15NO5.CH4/c1-13(2)26-18(23)12-15-11-14(27-21(3,4)28-15)9-10-22-19(24)16-7-5-6-8-17(16)20(22)25;17-9-7-10(21-13(18)8-9)5-6-16-14(19)11-3-1-2-4-12(11)15(16)20;/h5-8,13-15H,9-12H2,1-4H3;1-4,9-10,17H,5-8H2;1H4/t14-,15-;9-,10-;/m11./s1. The maximum Gasteiger partial charge on any atom is 0.308 e. The number of cyclic esters (lactones) is 1. The molecule has 13 heteroatoms. The van der Waals surface area contributed by atoms with E-state index in [0.29, 0.717) is 47.9 Å². The quantitative estimate of drug-likeness (QED) is 0.294. The summed E-state index contributed by atoms with van der Waals surface area (Å²) in [6.45, 7) is 7.63. The number of nitrogens with zero attached hydrogens (tertiary/aromatic N) is 2. The van der Waals surface area contributed by atoms with Gasteiger partial charge in [0.05, 0.1) is 59.5 Å². The minimum atomic E-state index is -0.853. The molecule has 4 heterocycles. The molecule has 4 aliphatic rings. The fourth-order valence-electron chi connectivity index (χ4n) is 6.49. The van der Waals surface area contributed by atoms with E-state index in [4.69, 9.17) is 18.9 Å². The van der Waals surface area contributed by atoms with Crippen LogP contribution in [0.25, 0.3) is 0 Å². The van der Waals surface area contributed by atoms with Crippen molar-refractivity contribution >= 4 is 35.6 Å². The van der Waals surface area contributed by atoms with Crippen LogP contribution in [-0.4, -0.2) is 99.9 Å². The molecule has 2 saturated heterocycles. The van der Waals surface area contributed by atoms with E-state index in [9.17, 15) is 33.9 Å². The molecular formula is C37H46N2O11. The van der Waals surface area contributed by atoms with Gasteiger partial charge in [-0.15, -0.1) is 0 Å². The highest BCUT2D eigenvalue weighted by molar-refractivity contribution is 6.22.